The largest absolute Gasteiger partial charge is 0.353 e. The molecule has 0 aromatic heterocycles. The van der Waals surface area contributed by atoms with Gasteiger partial charge in [0.1, 0.15) is 0 Å². The fourth-order valence-corrected chi connectivity index (χ4v) is 3.74. The highest BCUT2D eigenvalue weighted by atomic mass is 79.9. The number of halogens is 1. The van der Waals surface area contributed by atoms with Gasteiger partial charge in [-0.1, -0.05) is 113 Å². The lowest BCUT2D eigenvalue weighted by Gasteiger charge is -2.19. The number of hydrogen-bond donors (Lipinski definition) is 0. The van der Waals surface area contributed by atoms with Crippen molar-refractivity contribution in [3.63, 3.8) is 0 Å². The molecule has 0 amide bonds. The number of alkyl halides is 1. The summed E-state index contributed by atoms with van der Waals surface area (Å²) in [5, 5.41) is 1.14. The summed E-state index contributed by atoms with van der Waals surface area (Å²) in [6.07, 6.45) is 23.5. The highest BCUT2D eigenvalue weighted by molar-refractivity contribution is 9.09. The monoisotopic (exact) mass is 448 g/mol. The lowest BCUT2D eigenvalue weighted by Crippen LogP contribution is -2.19. The molecule has 0 aliphatic carbocycles. The summed E-state index contributed by atoms with van der Waals surface area (Å²) in [4.78, 5) is 0. The van der Waals surface area contributed by atoms with Crippen molar-refractivity contribution in [3.05, 3.63) is 0 Å². The van der Waals surface area contributed by atoms with Crippen LogP contribution in [-0.2, 0) is 9.47 Å². The molecule has 0 aliphatic heterocycles. The fourth-order valence-electron chi connectivity index (χ4n) is 3.34. The molecule has 0 atom stereocenters. The van der Waals surface area contributed by atoms with Crippen LogP contribution < -0.4 is 0 Å². The van der Waals surface area contributed by atoms with Crippen LogP contribution in [0, 0.1) is 0 Å². The molecule has 0 saturated heterocycles. The fraction of sp³-hybridized carbons (Fsp3) is 1.00. The number of ether oxygens (including phenoxy) is 2. The van der Waals surface area contributed by atoms with E-state index in [1.165, 1.54) is 109 Å². The van der Waals surface area contributed by atoms with Gasteiger partial charge in [-0.2, -0.15) is 0 Å². The molecule has 0 spiro atoms. The van der Waals surface area contributed by atoms with Gasteiger partial charge in [-0.15, -0.1) is 0 Å². The van der Waals surface area contributed by atoms with Crippen LogP contribution in [0.2, 0.25) is 0 Å². The maximum Gasteiger partial charge on any atom is 0.157 e. The average Bonchev–Trinajstić information content (AvgIpc) is 2.68. The van der Waals surface area contributed by atoms with Crippen LogP contribution in [0.3, 0.4) is 0 Å². The van der Waals surface area contributed by atoms with Crippen LogP contribution in [0.15, 0.2) is 0 Å². The first-order valence-electron chi connectivity index (χ1n) is 12.1. The Hall–Kier alpha value is 0.400. The van der Waals surface area contributed by atoms with Gasteiger partial charge < -0.3 is 9.47 Å². The van der Waals surface area contributed by atoms with Gasteiger partial charge in [-0.3, -0.25) is 0 Å². The summed E-state index contributed by atoms with van der Waals surface area (Å²) in [7, 11) is 0. The van der Waals surface area contributed by atoms with Crippen molar-refractivity contribution in [2.45, 2.75) is 136 Å². The molecule has 164 valence electrons. The van der Waals surface area contributed by atoms with E-state index < -0.39 is 0 Å². The minimum Gasteiger partial charge on any atom is -0.353 e. The Bertz CT molecular complexity index is 243. The zero-order valence-electron chi connectivity index (χ0n) is 18.6. The zero-order valence-corrected chi connectivity index (χ0v) is 20.2. The first kappa shape index (κ1) is 27.4. The van der Waals surface area contributed by atoms with Crippen molar-refractivity contribution in [1.29, 1.82) is 0 Å². The Kier molecular flexibility index (Phi) is 24.8. The summed E-state index contributed by atoms with van der Waals surface area (Å²) in [5.41, 5.74) is 0. The number of unbranched alkanes of at least 4 members (excludes halogenated alkanes) is 14. The highest BCUT2D eigenvalue weighted by Gasteiger charge is 2.09. The highest BCUT2D eigenvalue weighted by Crippen LogP contribution is 2.14. The van der Waals surface area contributed by atoms with Crippen molar-refractivity contribution in [2.75, 3.05) is 18.5 Å². The third-order valence-corrected chi connectivity index (χ3v) is 5.74. The van der Waals surface area contributed by atoms with E-state index in [-0.39, 0.29) is 6.29 Å². The molecule has 3 heteroatoms. The van der Waals surface area contributed by atoms with Crippen molar-refractivity contribution in [2.24, 2.45) is 0 Å². The van der Waals surface area contributed by atoms with E-state index in [0.29, 0.717) is 0 Å². The Morgan fingerprint density at radius 1 is 0.519 bits per heavy atom. The van der Waals surface area contributed by atoms with Crippen LogP contribution in [-0.4, -0.2) is 24.8 Å². The van der Waals surface area contributed by atoms with E-state index in [4.69, 9.17) is 9.47 Å². The van der Waals surface area contributed by atoms with E-state index in [1.54, 1.807) is 0 Å². The van der Waals surface area contributed by atoms with E-state index in [0.717, 1.165) is 25.0 Å². The van der Waals surface area contributed by atoms with Gasteiger partial charge in [0.15, 0.2) is 6.29 Å². The molecule has 0 aromatic rings. The van der Waals surface area contributed by atoms with Crippen LogP contribution in [0.5, 0.6) is 0 Å². The maximum atomic E-state index is 6.09. The molecule has 0 saturated carbocycles. The second-order valence-corrected chi connectivity index (χ2v) is 8.75. The second kappa shape index (κ2) is 24.4. The predicted octanol–water partition coefficient (Wildman–Crippen LogP) is 8.80. The summed E-state index contributed by atoms with van der Waals surface area (Å²) < 4.78 is 12.2. The first-order chi connectivity index (χ1) is 13.3. The molecule has 2 nitrogen and oxygen atoms in total. The molecule has 0 rings (SSSR count). The molecule has 0 fully saturated rings. The number of rotatable bonds is 23. The van der Waals surface area contributed by atoms with E-state index >= 15 is 0 Å². The minimum absolute atomic E-state index is 0.0347. The third kappa shape index (κ3) is 22.6. The van der Waals surface area contributed by atoms with Crippen molar-refractivity contribution in [1.82, 2.24) is 0 Å². The molecule has 0 N–H and O–H groups in total. The second-order valence-electron chi connectivity index (χ2n) is 7.95. The molecule has 0 radical (unpaired) electrons. The molecular formula is C24H49BrO2. The van der Waals surface area contributed by atoms with Crippen LogP contribution in [0.25, 0.3) is 0 Å². The van der Waals surface area contributed by atoms with Crippen molar-refractivity contribution >= 4 is 15.9 Å². The third-order valence-electron chi connectivity index (χ3n) is 5.18. The van der Waals surface area contributed by atoms with Crippen LogP contribution in [0.4, 0.5) is 0 Å². The predicted molar refractivity (Wildman–Crippen MR) is 124 cm³/mol. The van der Waals surface area contributed by atoms with E-state index in [1.807, 2.05) is 0 Å². The van der Waals surface area contributed by atoms with Gasteiger partial charge in [0.2, 0.25) is 0 Å². The Balaban J connectivity index is 3.78. The lowest BCUT2D eigenvalue weighted by molar-refractivity contribution is -0.148. The normalized spacial score (nSPS) is 11.6. The maximum absolute atomic E-state index is 6.09. The van der Waals surface area contributed by atoms with Crippen LogP contribution in [0.1, 0.15) is 129 Å². The van der Waals surface area contributed by atoms with Gasteiger partial charge in [0.05, 0.1) is 0 Å². The van der Waals surface area contributed by atoms with E-state index in [2.05, 4.69) is 29.8 Å². The standard InChI is InChI=1S/C24H49BrO2/c1-3-5-7-9-14-18-22-26-24(20-16-12-11-13-17-21-25)27-23-19-15-10-8-6-4-2/h24H,3-23H2,1-2H3. The molecule has 0 aliphatic rings. The lowest BCUT2D eigenvalue weighted by atomic mass is 10.1. The summed E-state index contributed by atoms with van der Waals surface area (Å²) >= 11 is 3.51. The van der Waals surface area contributed by atoms with Crippen molar-refractivity contribution < 1.29 is 9.47 Å². The van der Waals surface area contributed by atoms with Gasteiger partial charge in [0.25, 0.3) is 0 Å². The van der Waals surface area contributed by atoms with Gasteiger partial charge >= 0.3 is 0 Å². The van der Waals surface area contributed by atoms with Crippen LogP contribution >= 0.6 is 15.9 Å². The Morgan fingerprint density at radius 3 is 1.41 bits per heavy atom. The summed E-state index contributed by atoms with van der Waals surface area (Å²) in [6.45, 7) is 6.29. The Labute approximate surface area is 179 Å². The van der Waals surface area contributed by atoms with Gasteiger partial charge in [0, 0.05) is 18.5 Å². The summed E-state index contributed by atoms with van der Waals surface area (Å²) in [5.74, 6) is 0. The topological polar surface area (TPSA) is 18.5 Å². The van der Waals surface area contributed by atoms with Crippen molar-refractivity contribution in [3.8, 4) is 0 Å². The molecule has 0 heterocycles. The molecule has 0 bridgehead atoms. The average molecular weight is 450 g/mol. The van der Waals surface area contributed by atoms with E-state index in [9.17, 15) is 0 Å². The zero-order chi connectivity index (χ0) is 19.8. The molecular weight excluding hydrogens is 400 g/mol. The Morgan fingerprint density at radius 2 is 0.926 bits per heavy atom. The minimum atomic E-state index is 0.0347. The number of hydrogen-bond acceptors (Lipinski definition) is 2. The quantitative estimate of drug-likeness (QED) is 0.0881. The SMILES string of the molecule is CCCCCCCCOC(CCCCCCCBr)OCCCCCCCC. The molecule has 0 aromatic carbocycles. The van der Waals surface area contributed by atoms with Gasteiger partial charge in [-0.25, -0.2) is 0 Å². The smallest absolute Gasteiger partial charge is 0.157 e. The summed E-state index contributed by atoms with van der Waals surface area (Å²) in [6, 6.07) is 0. The van der Waals surface area contributed by atoms with Gasteiger partial charge in [-0.05, 0) is 32.1 Å². The first-order valence-corrected chi connectivity index (χ1v) is 13.3. The molecule has 0 unspecified atom stereocenters. The molecule has 27 heavy (non-hydrogen) atoms.